The maximum absolute atomic E-state index is 12.2. The van der Waals surface area contributed by atoms with Gasteiger partial charge in [0.25, 0.3) is 0 Å². The van der Waals surface area contributed by atoms with Gasteiger partial charge in [0.1, 0.15) is 0 Å². The van der Waals surface area contributed by atoms with Crippen LogP contribution in [0.1, 0.15) is 24.3 Å². The van der Waals surface area contributed by atoms with Crippen LogP contribution in [-0.2, 0) is 4.79 Å². The van der Waals surface area contributed by atoms with Gasteiger partial charge in [-0.15, -0.1) is 0 Å². The monoisotopic (exact) mass is 262 g/mol. The SMILES string of the molecule is O=C(NCC1CCCS1)C1CNc2ccccc21. The Balaban J connectivity index is 1.60. The Labute approximate surface area is 112 Å². The third-order valence-electron chi connectivity index (χ3n) is 3.68. The molecule has 96 valence electrons. The van der Waals surface area contributed by atoms with Crippen LogP contribution in [0, 0.1) is 0 Å². The summed E-state index contributed by atoms with van der Waals surface area (Å²) in [5.41, 5.74) is 2.24. The fraction of sp³-hybridized carbons (Fsp3) is 0.500. The van der Waals surface area contributed by atoms with E-state index < -0.39 is 0 Å². The summed E-state index contributed by atoms with van der Waals surface area (Å²) < 4.78 is 0. The molecule has 2 heterocycles. The highest BCUT2D eigenvalue weighted by molar-refractivity contribution is 8.00. The third-order valence-corrected chi connectivity index (χ3v) is 5.08. The van der Waals surface area contributed by atoms with Gasteiger partial charge in [0.2, 0.25) is 5.91 Å². The van der Waals surface area contributed by atoms with Crippen LogP contribution in [-0.4, -0.2) is 30.0 Å². The zero-order valence-electron chi connectivity index (χ0n) is 10.3. The predicted octanol–water partition coefficient (Wildman–Crippen LogP) is 2.21. The molecule has 1 saturated heterocycles. The lowest BCUT2D eigenvalue weighted by atomic mass is 10.0. The van der Waals surface area contributed by atoms with E-state index in [1.165, 1.54) is 18.6 Å². The molecule has 0 radical (unpaired) electrons. The van der Waals surface area contributed by atoms with Crippen LogP contribution in [0.5, 0.6) is 0 Å². The molecule has 3 nitrogen and oxygen atoms in total. The lowest BCUT2D eigenvalue weighted by Gasteiger charge is -2.14. The summed E-state index contributed by atoms with van der Waals surface area (Å²) >= 11 is 1.98. The molecule has 2 aliphatic rings. The summed E-state index contributed by atoms with van der Waals surface area (Å²) in [6.07, 6.45) is 2.53. The number of benzene rings is 1. The molecule has 2 unspecified atom stereocenters. The number of hydrogen-bond donors (Lipinski definition) is 2. The molecule has 1 aromatic carbocycles. The van der Waals surface area contributed by atoms with E-state index in [1.54, 1.807) is 0 Å². The molecular formula is C14H18N2OS. The average molecular weight is 262 g/mol. The summed E-state index contributed by atoms with van der Waals surface area (Å²) in [7, 11) is 0. The molecule has 0 aliphatic carbocycles. The first-order valence-corrected chi connectivity index (χ1v) is 7.61. The second kappa shape index (κ2) is 5.22. The van der Waals surface area contributed by atoms with Crippen molar-refractivity contribution in [3.8, 4) is 0 Å². The Morgan fingerprint density at radius 2 is 2.33 bits per heavy atom. The zero-order chi connectivity index (χ0) is 12.4. The van der Waals surface area contributed by atoms with Crippen molar-refractivity contribution in [3.63, 3.8) is 0 Å². The largest absolute Gasteiger partial charge is 0.384 e. The lowest BCUT2D eigenvalue weighted by Crippen LogP contribution is -2.34. The van der Waals surface area contributed by atoms with Gasteiger partial charge in [0, 0.05) is 24.0 Å². The van der Waals surface area contributed by atoms with Crippen molar-refractivity contribution >= 4 is 23.4 Å². The summed E-state index contributed by atoms with van der Waals surface area (Å²) in [5.74, 6) is 1.39. The number of anilines is 1. The van der Waals surface area contributed by atoms with Gasteiger partial charge in [-0.1, -0.05) is 18.2 Å². The first kappa shape index (κ1) is 11.9. The molecule has 0 aromatic heterocycles. The van der Waals surface area contributed by atoms with Crippen molar-refractivity contribution in [1.82, 2.24) is 5.32 Å². The van der Waals surface area contributed by atoms with E-state index >= 15 is 0 Å². The van der Waals surface area contributed by atoms with E-state index in [4.69, 9.17) is 0 Å². The fourth-order valence-corrected chi connectivity index (χ4v) is 3.86. The minimum Gasteiger partial charge on any atom is -0.384 e. The molecule has 2 N–H and O–H groups in total. The number of para-hydroxylation sites is 1. The molecule has 0 spiro atoms. The summed E-state index contributed by atoms with van der Waals surface area (Å²) in [6, 6.07) is 8.08. The molecule has 0 bridgehead atoms. The van der Waals surface area contributed by atoms with Gasteiger partial charge in [0.05, 0.1) is 5.92 Å². The van der Waals surface area contributed by atoms with Gasteiger partial charge >= 0.3 is 0 Å². The molecule has 18 heavy (non-hydrogen) atoms. The van der Waals surface area contributed by atoms with Crippen molar-refractivity contribution in [2.45, 2.75) is 24.0 Å². The normalized spacial score (nSPS) is 25.6. The highest BCUT2D eigenvalue weighted by Gasteiger charge is 2.28. The Morgan fingerprint density at radius 3 is 3.17 bits per heavy atom. The minimum absolute atomic E-state index is 0.0207. The number of carbonyl (C=O) groups excluding carboxylic acids is 1. The van der Waals surface area contributed by atoms with Crippen LogP contribution in [0.15, 0.2) is 24.3 Å². The Morgan fingerprint density at radius 1 is 1.44 bits per heavy atom. The molecule has 3 rings (SSSR count). The van der Waals surface area contributed by atoms with E-state index in [0.29, 0.717) is 5.25 Å². The number of fused-ring (bicyclic) bond motifs is 1. The van der Waals surface area contributed by atoms with Crippen LogP contribution < -0.4 is 10.6 Å². The van der Waals surface area contributed by atoms with E-state index in [1.807, 2.05) is 36.0 Å². The van der Waals surface area contributed by atoms with E-state index in [-0.39, 0.29) is 11.8 Å². The third kappa shape index (κ3) is 2.34. The first-order chi connectivity index (χ1) is 8.84. The average Bonchev–Trinajstić information content (AvgIpc) is 3.05. The highest BCUT2D eigenvalue weighted by atomic mass is 32.2. The van der Waals surface area contributed by atoms with Crippen LogP contribution >= 0.6 is 11.8 Å². The lowest BCUT2D eigenvalue weighted by molar-refractivity contribution is -0.122. The second-order valence-corrected chi connectivity index (χ2v) is 6.31. The van der Waals surface area contributed by atoms with Gasteiger partial charge in [-0.05, 0) is 30.2 Å². The topological polar surface area (TPSA) is 41.1 Å². The Bertz CT molecular complexity index is 443. The highest BCUT2D eigenvalue weighted by Crippen LogP contribution is 2.31. The molecule has 1 aromatic rings. The van der Waals surface area contributed by atoms with Crippen molar-refractivity contribution in [3.05, 3.63) is 29.8 Å². The van der Waals surface area contributed by atoms with Gasteiger partial charge in [-0.25, -0.2) is 0 Å². The smallest absolute Gasteiger partial charge is 0.229 e. The maximum Gasteiger partial charge on any atom is 0.229 e. The van der Waals surface area contributed by atoms with Crippen molar-refractivity contribution in [2.24, 2.45) is 0 Å². The van der Waals surface area contributed by atoms with E-state index in [0.717, 1.165) is 24.3 Å². The van der Waals surface area contributed by atoms with Crippen LogP contribution in [0.4, 0.5) is 5.69 Å². The van der Waals surface area contributed by atoms with Crippen LogP contribution in [0.25, 0.3) is 0 Å². The second-order valence-electron chi connectivity index (χ2n) is 4.90. The number of amides is 1. The Hall–Kier alpha value is -1.16. The molecule has 1 amide bonds. The van der Waals surface area contributed by atoms with E-state index in [2.05, 4.69) is 10.6 Å². The van der Waals surface area contributed by atoms with Gasteiger partial charge in [-0.2, -0.15) is 11.8 Å². The van der Waals surface area contributed by atoms with Crippen molar-refractivity contribution in [1.29, 1.82) is 0 Å². The van der Waals surface area contributed by atoms with Gasteiger partial charge < -0.3 is 10.6 Å². The van der Waals surface area contributed by atoms with Crippen molar-refractivity contribution < 1.29 is 4.79 Å². The molecule has 0 saturated carbocycles. The maximum atomic E-state index is 12.2. The van der Waals surface area contributed by atoms with Crippen molar-refractivity contribution in [2.75, 3.05) is 24.2 Å². The molecule has 2 aliphatic heterocycles. The number of rotatable bonds is 3. The fourth-order valence-electron chi connectivity index (χ4n) is 2.66. The number of nitrogens with one attached hydrogen (secondary N) is 2. The first-order valence-electron chi connectivity index (χ1n) is 6.57. The number of thioether (sulfide) groups is 1. The minimum atomic E-state index is -0.0207. The number of hydrogen-bond acceptors (Lipinski definition) is 3. The predicted molar refractivity (Wildman–Crippen MR) is 76.2 cm³/mol. The summed E-state index contributed by atoms with van der Waals surface area (Å²) in [4.78, 5) is 12.2. The quantitative estimate of drug-likeness (QED) is 0.877. The molecule has 4 heteroatoms. The standard InChI is InChI=1S/C14H18N2OS/c17-14(16-8-10-4-3-7-18-10)12-9-15-13-6-2-1-5-11(12)13/h1-2,5-6,10,12,15H,3-4,7-9H2,(H,16,17). The van der Waals surface area contributed by atoms with Gasteiger partial charge in [0.15, 0.2) is 0 Å². The van der Waals surface area contributed by atoms with E-state index in [9.17, 15) is 4.79 Å². The summed E-state index contributed by atoms with van der Waals surface area (Å²) in [6.45, 7) is 1.55. The van der Waals surface area contributed by atoms with Crippen LogP contribution in [0.2, 0.25) is 0 Å². The zero-order valence-corrected chi connectivity index (χ0v) is 11.1. The number of carbonyl (C=O) groups is 1. The van der Waals surface area contributed by atoms with Crippen LogP contribution in [0.3, 0.4) is 0 Å². The summed E-state index contributed by atoms with van der Waals surface area (Å²) in [5, 5.41) is 7.02. The van der Waals surface area contributed by atoms with Gasteiger partial charge in [-0.3, -0.25) is 4.79 Å². The molecular weight excluding hydrogens is 244 g/mol. The molecule has 1 fully saturated rings. The Kier molecular flexibility index (Phi) is 3.46. The molecule has 2 atom stereocenters.